The quantitative estimate of drug-likeness (QED) is 0.292. The number of anilines is 1. The Morgan fingerprint density at radius 3 is 2.66 bits per heavy atom. The number of benzene rings is 2. The molecular formula is C25H21F4N5O. The number of alkyl halides is 3. The van der Waals surface area contributed by atoms with Crippen LogP contribution in [-0.2, 0) is 11.3 Å². The lowest BCUT2D eigenvalue weighted by molar-refractivity contribution is -0.190. The molecule has 1 aliphatic heterocycles. The van der Waals surface area contributed by atoms with E-state index >= 15 is 4.39 Å². The Balaban J connectivity index is 1.59. The molecule has 1 unspecified atom stereocenters. The zero-order valence-corrected chi connectivity index (χ0v) is 19.2. The van der Waals surface area contributed by atoms with Crippen molar-refractivity contribution in [2.24, 2.45) is 5.41 Å². The number of hydrogen-bond acceptors (Lipinski definition) is 5. The number of nitrogens with one attached hydrogen (secondary N) is 1. The van der Waals surface area contributed by atoms with E-state index in [0.29, 0.717) is 45.0 Å². The first-order chi connectivity index (χ1) is 16.6. The van der Waals surface area contributed by atoms with Gasteiger partial charge in [-0.1, -0.05) is 24.0 Å². The molecule has 2 aromatic carbocycles. The first-order valence-corrected chi connectivity index (χ1v) is 10.9. The molecule has 1 N–H and O–H groups in total. The van der Waals surface area contributed by atoms with Crippen LogP contribution in [0.4, 0.5) is 23.2 Å². The maximum Gasteiger partial charge on any atom is 0.404 e. The van der Waals surface area contributed by atoms with Crippen LogP contribution in [0.15, 0.2) is 36.4 Å². The fraction of sp³-hybridized carbons (Fsp3) is 0.320. The van der Waals surface area contributed by atoms with Crippen molar-refractivity contribution >= 4 is 22.4 Å². The van der Waals surface area contributed by atoms with Gasteiger partial charge in [0, 0.05) is 16.8 Å². The molecular weight excluding hydrogens is 462 g/mol. The number of hydrogen-bond donors (Lipinski definition) is 1. The van der Waals surface area contributed by atoms with E-state index in [-0.39, 0.29) is 13.2 Å². The van der Waals surface area contributed by atoms with Gasteiger partial charge in [0.2, 0.25) is 0 Å². The predicted molar refractivity (Wildman–Crippen MR) is 122 cm³/mol. The van der Waals surface area contributed by atoms with Crippen molar-refractivity contribution in [3.8, 4) is 11.8 Å². The van der Waals surface area contributed by atoms with Crippen molar-refractivity contribution in [1.29, 1.82) is 0 Å². The van der Waals surface area contributed by atoms with Crippen molar-refractivity contribution in [2.75, 3.05) is 11.9 Å². The van der Waals surface area contributed by atoms with Crippen molar-refractivity contribution in [2.45, 2.75) is 39.6 Å². The fourth-order valence-corrected chi connectivity index (χ4v) is 4.02. The number of ether oxygens (including phenoxy) is 1. The fourth-order valence-electron chi connectivity index (χ4n) is 4.02. The largest absolute Gasteiger partial charge is 0.404 e. The van der Waals surface area contributed by atoms with Gasteiger partial charge in [-0.15, -0.1) is 10.2 Å². The lowest BCUT2D eigenvalue weighted by Gasteiger charge is -2.21. The third kappa shape index (κ3) is 3.96. The lowest BCUT2D eigenvalue weighted by Crippen LogP contribution is -2.30. The topological polar surface area (TPSA) is 64.3 Å². The van der Waals surface area contributed by atoms with Gasteiger partial charge in [-0.3, -0.25) is 4.40 Å². The molecule has 0 amide bonds. The normalized spacial score (nSPS) is 16.4. The summed E-state index contributed by atoms with van der Waals surface area (Å²) in [5.41, 5.74) is 0.509. The Morgan fingerprint density at radius 2 is 1.89 bits per heavy atom. The van der Waals surface area contributed by atoms with Crippen LogP contribution in [0.5, 0.6) is 0 Å². The Kier molecular flexibility index (Phi) is 5.40. The summed E-state index contributed by atoms with van der Waals surface area (Å²) < 4.78 is 62.4. The standard InChI is InChI=1S/C25H21F4N5O/c1-14-32-33-23-31-22(21-17(26)7-5-9-20(21)34(14)23)19-13-35-12-16-15(6-4-8-18(16)30-19)10-11-24(2,3)25(27,28)29/h4-9,19,30H,12-13H2,1-3H3. The smallest absolute Gasteiger partial charge is 0.374 e. The van der Waals surface area contributed by atoms with Crippen LogP contribution in [0.2, 0.25) is 0 Å². The van der Waals surface area contributed by atoms with E-state index in [0.717, 1.165) is 13.8 Å². The number of rotatable bonds is 1. The summed E-state index contributed by atoms with van der Waals surface area (Å²) in [6.07, 6.45) is -4.46. The minimum atomic E-state index is -4.46. The van der Waals surface area contributed by atoms with Gasteiger partial charge >= 0.3 is 6.18 Å². The predicted octanol–water partition coefficient (Wildman–Crippen LogP) is 5.35. The highest BCUT2D eigenvalue weighted by Crippen LogP contribution is 2.37. The molecule has 0 saturated carbocycles. The molecule has 5 rings (SSSR count). The SMILES string of the molecule is Cc1nnc2nc(C3COCc4c(C#CC(C)(C)C(F)(F)F)cccc4N3)c3c(F)cccc3n12. The average Bonchev–Trinajstić information content (AvgIpc) is 3.03. The van der Waals surface area contributed by atoms with Gasteiger partial charge in [0.15, 0.2) is 0 Å². The van der Waals surface area contributed by atoms with Gasteiger partial charge in [-0.05, 0) is 45.0 Å². The molecule has 4 aromatic rings. The van der Waals surface area contributed by atoms with Gasteiger partial charge in [-0.2, -0.15) is 13.2 Å². The van der Waals surface area contributed by atoms with Gasteiger partial charge in [0.05, 0.1) is 35.9 Å². The molecule has 3 heterocycles. The van der Waals surface area contributed by atoms with E-state index in [1.807, 2.05) is 0 Å². The summed E-state index contributed by atoms with van der Waals surface area (Å²) >= 11 is 0. The van der Waals surface area contributed by atoms with E-state index in [1.54, 1.807) is 41.7 Å². The molecule has 1 atom stereocenters. The number of fused-ring (bicyclic) bond motifs is 4. The molecule has 10 heteroatoms. The van der Waals surface area contributed by atoms with E-state index in [4.69, 9.17) is 4.74 Å². The molecule has 2 aromatic heterocycles. The van der Waals surface area contributed by atoms with Crippen molar-refractivity contribution in [3.05, 3.63) is 64.9 Å². The van der Waals surface area contributed by atoms with Gasteiger partial charge < -0.3 is 10.1 Å². The van der Waals surface area contributed by atoms with Crippen LogP contribution < -0.4 is 5.32 Å². The zero-order chi connectivity index (χ0) is 25.0. The third-order valence-electron chi connectivity index (χ3n) is 6.10. The highest BCUT2D eigenvalue weighted by Gasteiger charge is 2.46. The van der Waals surface area contributed by atoms with Crippen LogP contribution in [-0.4, -0.2) is 32.4 Å². The van der Waals surface area contributed by atoms with Crippen LogP contribution in [0.25, 0.3) is 16.7 Å². The Hall–Kier alpha value is -3.71. The maximum atomic E-state index is 15.1. The Labute approximate surface area is 198 Å². The third-order valence-corrected chi connectivity index (χ3v) is 6.10. The second kappa shape index (κ2) is 8.20. The minimum Gasteiger partial charge on any atom is -0.374 e. The second-order valence-corrected chi connectivity index (χ2v) is 8.93. The van der Waals surface area contributed by atoms with Crippen molar-refractivity contribution in [1.82, 2.24) is 19.6 Å². The van der Waals surface area contributed by atoms with Crippen LogP contribution in [0.1, 0.15) is 42.5 Å². The van der Waals surface area contributed by atoms with Crippen molar-refractivity contribution < 1.29 is 22.3 Å². The molecule has 0 bridgehead atoms. The lowest BCUT2D eigenvalue weighted by atomic mass is 9.93. The van der Waals surface area contributed by atoms with E-state index in [9.17, 15) is 13.2 Å². The zero-order valence-electron chi connectivity index (χ0n) is 19.2. The number of halogens is 4. The highest BCUT2D eigenvalue weighted by atomic mass is 19.4. The first-order valence-electron chi connectivity index (χ1n) is 10.9. The highest BCUT2D eigenvalue weighted by molar-refractivity contribution is 5.85. The van der Waals surface area contributed by atoms with E-state index < -0.39 is 23.5 Å². The summed E-state index contributed by atoms with van der Waals surface area (Å²) in [7, 11) is 0. The summed E-state index contributed by atoms with van der Waals surface area (Å²) in [6.45, 7) is 4.12. The summed E-state index contributed by atoms with van der Waals surface area (Å²) in [4.78, 5) is 4.60. The molecule has 180 valence electrons. The first kappa shape index (κ1) is 23.1. The monoisotopic (exact) mass is 483 g/mol. The number of aromatic nitrogens is 4. The summed E-state index contributed by atoms with van der Waals surface area (Å²) in [5, 5.41) is 11.8. The average molecular weight is 483 g/mol. The molecule has 6 nitrogen and oxygen atoms in total. The summed E-state index contributed by atoms with van der Waals surface area (Å²) in [6, 6.07) is 9.34. The van der Waals surface area contributed by atoms with Gasteiger partial charge in [0.25, 0.3) is 5.78 Å². The van der Waals surface area contributed by atoms with Crippen LogP contribution >= 0.6 is 0 Å². The van der Waals surface area contributed by atoms with Crippen LogP contribution in [0.3, 0.4) is 0 Å². The van der Waals surface area contributed by atoms with E-state index in [1.165, 1.54) is 6.07 Å². The van der Waals surface area contributed by atoms with Crippen LogP contribution in [0, 0.1) is 30.0 Å². The second-order valence-electron chi connectivity index (χ2n) is 8.93. The number of nitrogens with zero attached hydrogens (tertiary/aromatic N) is 4. The molecule has 0 spiro atoms. The van der Waals surface area contributed by atoms with Crippen molar-refractivity contribution in [3.63, 3.8) is 0 Å². The Morgan fingerprint density at radius 1 is 1.11 bits per heavy atom. The Bertz CT molecular complexity index is 1510. The molecule has 1 aliphatic rings. The molecule has 0 aliphatic carbocycles. The summed E-state index contributed by atoms with van der Waals surface area (Å²) in [5.74, 6) is 5.49. The maximum absolute atomic E-state index is 15.1. The molecule has 35 heavy (non-hydrogen) atoms. The molecule has 0 fully saturated rings. The molecule has 0 radical (unpaired) electrons. The van der Waals surface area contributed by atoms with Gasteiger partial charge in [0.1, 0.15) is 17.1 Å². The molecule has 0 saturated heterocycles. The van der Waals surface area contributed by atoms with Gasteiger partial charge in [-0.25, -0.2) is 9.37 Å². The minimum absolute atomic E-state index is 0.128. The van der Waals surface area contributed by atoms with E-state index in [2.05, 4.69) is 32.3 Å². The number of aryl methyl sites for hydroxylation is 1.